The van der Waals surface area contributed by atoms with Gasteiger partial charge in [0.15, 0.2) is 5.78 Å². The number of rotatable bonds is 11. The number of Topliss-reactive ketones (excluding diaryl/α,β-unsaturated/α-hetero) is 1. The molecular weight excluding hydrogens is 543 g/mol. The van der Waals surface area contributed by atoms with Crippen LogP contribution in [-0.4, -0.2) is 33.3 Å². The number of pyridine rings is 1. The number of ether oxygens (including phenoxy) is 1. The minimum atomic E-state index is -4.59. The second-order valence-electron chi connectivity index (χ2n) is 12.0. The number of hydrogen-bond donors (Lipinski definition) is 1. The van der Waals surface area contributed by atoms with Crippen LogP contribution in [0.1, 0.15) is 84.8 Å². The van der Waals surface area contributed by atoms with E-state index in [-0.39, 0.29) is 23.5 Å². The fourth-order valence-electron chi connectivity index (χ4n) is 6.44. The summed E-state index contributed by atoms with van der Waals surface area (Å²) in [4.78, 5) is 25.3. The van der Waals surface area contributed by atoms with Gasteiger partial charge in [-0.1, -0.05) is 49.4 Å². The number of aryl methyl sites for hydroxylation is 1. The molecular formula is C34H38F3NO4. The average Bonchev–Trinajstić information content (AvgIpc) is 2.95. The van der Waals surface area contributed by atoms with Gasteiger partial charge in [-0.3, -0.25) is 9.59 Å². The van der Waals surface area contributed by atoms with Gasteiger partial charge in [-0.2, -0.15) is 13.2 Å². The fraction of sp³-hybridized carbons (Fsp3) is 0.471. The summed E-state index contributed by atoms with van der Waals surface area (Å²) in [6, 6.07) is 18.2. The predicted octanol–water partition coefficient (Wildman–Crippen LogP) is 7.03. The first-order valence-electron chi connectivity index (χ1n) is 14.9. The van der Waals surface area contributed by atoms with Crippen LogP contribution in [-0.2, 0) is 19.4 Å². The van der Waals surface area contributed by atoms with Gasteiger partial charge in [0, 0.05) is 24.2 Å². The molecule has 0 amide bonds. The SMILES string of the molecule is CCc1ccc2c(c1)[C@@H](CC[C@@H](O)[C@@H](CC(=O)c1ccc(=O)n(CC(F)(F)F)c1)Cc1ccccc1)CC1(CCC1)O2. The minimum Gasteiger partial charge on any atom is -0.487 e. The van der Waals surface area contributed by atoms with Crippen LogP contribution in [0.5, 0.6) is 5.75 Å². The molecule has 8 heteroatoms. The van der Waals surface area contributed by atoms with Crippen LogP contribution in [0.4, 0.5) is 13.2 Å². The minimum absolute atomic E-state index is 0.0292. The van der Waals surface area contributed by atoms with E-state index in [1.807, 2.05) is 30.3 Å². The summed E-state index contributed by atoms with van der Waals surface area (Å²) >= 11 is 0. The van der Waals surface area contributed by atoms with Gasteiger partial charge in [0.25, 0.3) is 5.56 Å². The summed E-state index contributed by atoms with van der Waals surface area (Å²) in [6.07, 6.45) is 2.25. The summed E-state index contributed by atoms with van der Waals surface area (Å²) in [5.74, 6) is 0.321. The molecule has 5 rings (SSSR count). The Bertz CT molecular complexity index is 1450. The van der Waals surface area contributed by atoms with Gasteiger partial charge in [-0.05, 0) is 92.0 Å². The predicted molar refractivity (Wildman–Crippen MR) is 155 cm³/mol. The fourth-order valence-corrected chi connectivity index (χ4v) is 6.44. The highest BCUT2D eigenvalue weighted by atomic mass is 19.4. The second-order valence-corrected chi connectivity index (χ2v) is 12.0. The number of nitrogens with zero attached hydrogens (tertiary/aromatic N) is 1. The van der Waals surface area contributed by atoms with E-state index in [4.69, 9.17) is 4.74 Å². The third kappa shape index (κ3) is 7.14. The Kier molecular flexibility index (Phi) is 8.92. The summed E-state index contributed by atoms with van der Waals surface area (Å²) in [7, 11) is 0. The zero-order valence-electron chi connectivity index (χ0n) is 23.9. The molecule has 1 aromatic heterocycles. The van der Waals surface area contributed by atoms with Crippen molar-refractivity contribution in [1.29, 1.82) is 0 Å². The zero-order valence-corrected chi connectivity index (χ0v) is 23.9. The Balaban J connectivity index is 1.34. The van der Waals surface area contributed by atoms with Crippen molar-refractivity contribution in [2.75, 3.05) is 0 Å². The molecule has 3 aromatic rings. The molecule has 3 atom stereocenters. The molecule has 42 heavy (non-hydrogen) atoms. The van der Waals surface area contributed by atoms with Crippen LogP contribution in [0.15, 0.2) is 71.7 Å². The topological polar surface area (TPSA) is 68.5 Å². The molecule has 2 aromatic carbocycles. The number of carbonyl (C=O) groups is 1. The Hall–Kier alpha value is -3.39. The molecule has 1 spiro atoms. The number of halogens is 3. The molecule has 0 saturated heterocycles. The molecule has 0 bridgehead atoms. The van der Waals surface area contributed by atoms with E-state index < -0.39 is 36.1 Å². The van der Waals surface area contributed by atoms with Crippen LogP contribution in [0.2, 0.25) is 0 Å². The molecule has 0 unspecified atom stereocenters. The van der Waals surface area contributed by atoms with Crippen LogP contribution in [0.3, 0.4) is 0 Å². The molecule has 2 heterocycles. The van der Waals surface area contributed by atoms with Gasteiger partial charge in [-0.25, -0.2) is 0 Å². The third-order valence-electron chi connectivity index (χ3n) is 8.93. The van der Waals surface area contributed by atoms with E-state index in [2.05, 4.69) is 25.1 Å². The first kappa shape index (κ1) is 30.1. The average molecular weight is 582 g/mol. The van der Waals surface area contributed by atoms with Gasteiger partial charge in [0.2, 0.25) is 0 Å². The standard InChI is InChI=1S/C34H38F3NO4/c1-2-23-9-13-31-28(18-23)25(20-33(42-31)15-6-16-33)10-12-29(39)27(17-24-7-4-3-5-8-24)19-30(40)26-11-14-32(41)38(21-26)22-34(35,36)37/h3-5,7-9,11,13-14,18,21,25,27,29,39H,2,6,10,12,15-17,19-20,22H2,1H3/t25-,27+,29+/m0/s1. The number of fused-ring (bicyclic) bond motifs is 1. The van der Waals surface area contributed by atoms with E-state index in [0.29, 0.717) is 17.4 Å². The molecule has 1 aliphatic heterocycles. The van der Waals surface area contributed by atoms with Crippen molar-refractivity contribution in [1.82, 2.24) is 4.57 Å². The van der Waals surface area contributed by atoms with Crippen molar-refractivity contribution in [3.63, 3.8) is 0 Å². The molecule has 1 saturated carbocycles. The highest BCUT2D eigenvalue weighted by Crippen LogP contribution is 2.51. The molecule has 1 N–H and O–H groups in total. The van der Waals surface area contributed by atoms with E-state index in [9.17, 15) is 27.9 Å². The highest BCUT2D eigenvalue weighted by molar-refractivity contribution is 5.95. The lowest BCUT2D eigenvalue weighted by molar-refractivity contribution is -0.141. The van der Waals surface area contributed by atoms with Crippen molar-refractivity contribution in [2.24, 2.45) is 5.92 Å². The molecule has 1 fully saturated rings. The van der Waals surface area contributed by atoms with Gasteiger partial charge >= 0.3 is 6.18 Å². The van der Waals surface area contributed by atoms with Crippen molar-refractivity contribution < 1.29 is 27.8 Å². The van der Waals surface area contributed by atoms with Crippen molar-refractivity contribution >= 4 is 5.78 Å². The number of ketones is 1. The number of carbonyl (C=O) groups excluding carboxylic acids is 1. The summed E-state index contributed by atoms with van der Waals surface area (Å²) in [5.41, 5.74) is 2.47. The molecule has 2 aliphatic rings. The number of hydrogen-bond acceptors (Lipinski definition) is 4. The molecule has 1 aliphatic carbocycles. The van der Waals surface area contributed by atoms with Gasteiger partial charge < -0.3 is 14.4 Å². The first-order valence-corrected chi connectivity index (χ1v) is 14.9. The van der Waals surface area contributed by atoms with E-state index in [0.717, 1.165) is 62.1 Å². The number of benzene rings is 2. The first-order chi connectivity index (χ1) is 20.0. The lowest BCUT2D eigenvalue weighted by Crippen LogP contribution is -2.47. The number of alkyl halides is 3. The van der Waals surface area contributed by atoms with E-state index in [1.54, 1.807) is 0 Å². The van der Waals surface area contributed by atoms with Crippen molar-refractivity contribution in [2.45, 2.75) is 95.1 Å². The monoisotopic (exact) mass is 581 g/mol. The van der Waals surface area contributed by atoms with Gasteiger partial charge in [0.1, 0.15) is 17.9 Å². The van der Waals surface area contributed by atoms with Crippen LogP contribution in [0.25, 0.3) is 0 Å². The van der Waals surface area contributed by atoms with Gasteiger partial charge in [0.05, 0.1) is 6.10 Å². The molecule has 5 nitrogen and oxygen atoms in total. The van der Waals surface area contributed by atoms with E-state index >= 15 is 0 Å². The number of aliphatic hydroxyl groups excluding tert-OH is 1. The number of aromatic nitrogens is 1. The van der Waals surface area contributed by atoms with Crippen LogP contribution < -0.4 is 10.3 Å². The highest BCUT2D eigenvalue weighted by Gasteiger charge is 2.45. The van der Waals surface area contributed by atoms with Crippen LogP contribution >= 0.6 is 0 Å². The Morgan fingerprint density at radius 1 is 1.10 bits per heavy atom. The maximum atomic E-state index is 13.3. The smallest absolute Gasteiger partial charge is 0.406 e. The number of aliphatic hydroxyl groups is 1. The van der Waals surface area contributed by atoms with E-state index in [1.165, 1.54) is 17.2 Å². The second kappa shape index (κ2) is 12.5. The largest absolute Gasteiger partial charge is 0.487 e. The Morgan fingerprint density at radius 2 is 1.86 bits per heavy atom. The summed E-state index contributed by atoms with van der Waals surface area (Å²) < 4.78 is 45.9. The van der Waals surface area contributed by atoms with Crippen molar-refractivity contribution in [3.8, 4) is 5.75 Å². The summed E-state index contributed by atoms with van der Waals surface area (Å²) in [6.45, 7) is 0.662. The third-order valence-corrected chi connectivity index (χ3v) is 8.93. The maximum Gasteiger partial charge on any atom is 0.406 e. The summed E-state index contributed by atoms with van der Waals surface area (Å²) in [5, 5.41) is 11.5. The van der Waals surface area contributed by atoms with Crippen molar-refractivity contribution in [3.05, 3.63) is 99.5 Å². The van der Waals surface area contributed by atoms with Gasteiger partial charge in [-0.15, -0.1) is 0 Å². The Morgan fingerprint density at radius 3 is 2.52 bits per heavy atom. The Labute approximate surface area is 244 Å². The molecule has 224 valence electrons. The maximum absolute atomic E-state index is 13.3. The zero-order chi connectivity index (χ0) is 29.9. The normalized spacial score (nSPS) is 18.9. The molecule has 0 radical (unpaired) electrons. The lowest BCUT2D eigenvalue weighted by Gasteiger charge is -2.48. The lowest BCUT2D eigenvalue weighted by atomic mass is 9.69. The van der Waals surface area contributed by atoms with Crippen LogP contribution in [0, 0.1) is 5.92 Å². The quantitative estimate of drug-likeness (QED) is 0.247.